The van der Waals surface area contributed by atoms with Gasteiger partial charge in [-0.15, -0.1) is 0 Å². The third-order valence-corrected chi connectivity index (χ3v) is 3.52. The summed E-state index contributed by atoms with van der Waals surface area (Å²) in [6.07, 6.45) is 0. The van der Waals surface area contributed by atoms with Gasteiger partial charge in [0.05, 0.1) is 11.6 Å². The minimum atomic E-state index is -0.285. The zero-order valence-corrected chi connectivity index (χ0v) is 12.7. The van der Waals surface area contributed by atoms with Crippen molar-refractivity contribution < 1.29 is 4.74 Å². The summed E-state index contributed by atoms with van der Waals surface area (Å²) in [6.45, 7) is 11.0. The first-order valence-electron chi connectivity index (χ1n) is 6.16. The molecule has 0 saturated carbocycles. The monoisotopic (exact) mass is 265 g/mol. The van der Waals surface area contributed by atoms with E-state index >= 15 is 0 Å². The van der Waals surface area contributed by atoms with Gasteiger partial charge in [-0.05, 0) is 23.1 Å². The van der Waals surface area contributed by atoms with Crippen LogP contribution in [-0.4, -0.2) is 11.6 Å². The molecule has 100 valence electrons. The van der Waals surface area contributed by atoms with Gasteiger partial charge in [0.25, 0.3) is 0 Å². The largest absolute Gasteiger partial charge is 0.493 e. The van der Waals surface area contributed by atoms with Crippen LogP contribution < -0.4 is 10.5 Å². The Morgan fingerprint density at radius 1 is 1.22 bits per heavy atom. The van der Waals surface area contributed by atoms with E-state index in [4.69, 9.17) is 22.7 Å². The maximum absolute atomic E-state index is 5.80. The fourth-order valence-electron chi connectivity index (χ4n) is 1.39. The van der Waals surface area contributed by atoms with Gasteiger partial charge in [0.2, 0.25) is 0 Å². The number of rotatable bonds is 4. The van der Waals surface area contributed by atoms with Crippen LogP contribution in [0.1, 0.15) is 40.2 Å². The summed E-state index contributed by atoms with van der Waals surface area (Å²) < 4.78 is 5.80. The van der Waals surface area contributed by atoms with Crippen molar-refractivity contribution in [1.29, 1.82) is 0 Å². The highest BCUT2D eigenvalue weighted by molar-refractivity contribution is 7.80. The van der Waals surface area contributed by atoms with Crippen LogP contribution in [0.15, 0.2) is 24.3 Å². The Bertz CT molecular complexity index is 432. The molecule has 0 bridgehead atoms. The standard InChI is InChI=1S/C15H23NOS/c1-14(2,3)11-7-6-8-12(9-11)17-10-15(4,5)13(16)18/h6-9H,10H2,1-5H3,(H2,16,18). The quantitative estimate of drug-likeness (QED) is 0.844. The molecule has 18 heavy (non-hydrogen) atoms. The molecule has 1 aromatic rings. The number of nitrogens with two attached hydrogens (primary N) is 1. The van der Waals surface area contributed by atoms with Crippen molar-refractivity contribution in [3.8, 4) is 5.75 Å². The molecule has 0 fully saturated rings. The van der Waals surface area contributed by atoms with E-state index in [1.165, 1.54) is 5.56 Å². The summed E-state index contributed by atoms with van der Waals surface area (Å²) in [6, 6.07) is 8.18. The summed E-state index contributed by atoms with van der Waals surface area (Å²) in [5.74, 6) is 0.867. The van der Waals surface area contributed by atoms with Gasteiger partial charge in [-0.3, -0.25) is 0 Å². The molecule has 0 unspecified atom stereocenters. The summed E-state index contributed by atoms with van der Waals surface area (Å²) in [4.78, 5) is 0.481. The van der Waals surface area contributed by atoms with Gasteiger partial charge < -0.3 is 10.5 Å². The van der Waals surface area contributed by atoms with E-state index in [9.17, 15) is 0 Å². The minimum Gasteiger partial charge on any atom is -0.493 e. The first kappa shape index (κ1) is 15.0. The third kappa shape index (κ3) is 3.98. The molecule has 0 spiro atoms. The summed E-state index contributed by atoms with van der Waals surface area (Å²) in [5, 5.41) is 0. The average molecular weight is 265 g/mol. The van der Waals surface area contributed by atoms with Gasteiger partial charge in [-0.1, -0.05) is 59.0 Å². The zero-order valence-electron chi connectivity index (χ0n) is 11.9. The van der Waals surface area contributed by atoms with Crippen molar-refractivity contribution in [2.75, 3.05) is 6.61 Å². The van der Waals surface area contributed by atoms with Crippen LogP contribution in [-0.2, 0) is 5.41 Å². The fourth-order valence-corrected chi connectivity index (χ4v) is 1.45. The Balaban J connectivity index is 2.78. The van der Waals surface area contributed by atoms with E-state index in [1.807, 2.05) is 26.0 Å². The zero-order chi connectivity index (χ0) is 14.0. The predicted octanol–water partition coefficient (Wildman–Crippen LogP) is 3.68. The van der Waals surface area contributed by atoms with E-state index < -0.39 is 0 Å². The van der Waals surface area contributed by atoms with Crippen LogP contribution in [0.3, 0.4) is 0 Å². The molecule has 1 rings (SSSR count). The van der Waals surface area contributed by atoms with E-state index in [-0.39, 0.29) is 10.8 Å². The summed E-state index contributed by atoms with van der Waals surface area (Å²) in [7, 11) is 0. The highest BCUT2D eigenvalue weighted by atomic mass is 32.1. The second-order valence-electron chi connectivity index (χ2n) is 6.31. The van der Waals surface area contributed by atoms with Crippen LogP contribution in [0.25, 0.3) is 0 Å². The van der Waals surface area contributed by atoms with Crippen molar-refractivity contribution in [2.24, 2.45) is 11.1 Å². The molecule has 0 heterocycles. The van der Waals surface area contributed by atoms with Crippen LogP contribution in [0.4, 0.5) is 0 Å². The van der Waals surface area contributed by atoms with Gasteiger partial charge in [0, 0.05) is 5.41 Å². The van der Waals surface area contributed by atoms with Crippen LogP contribution in [0.5, 0.6) is 5.75 Å². The van der Waals surface area contributed by atoms with Crippen molar-refractivity contribution in [1.82, 2.24) is 0 Å². The lowest BCUT2D eigenvalue weighted by Gasteiger charge is -2.24. The Morgan fingerprint density at radius 2 is 1.83 bits per heavy atom. The van der Waals surface area contributed by atoms with Gasteiger partial charge in [0.15, 0.2) is 0 Å². The average Bonchev–Trinajstić information content (AvgIpc) is 2.25. The van der Waals surface area contributed by atoms with E-state index in [0.29, 0.717) is 11.6 Å². The molecule has 1 aromatic carbocycles. The van der Waals surface area contributed by atoms with Gasteiger partial charge in [-0.2, -0.15) is 0 Å². The number of hydrogen-bond donors (Lipinski definition) is 1. The lowest BCUT2D eigenvalue weighted by atomic mass is 9.87. The van der Waals surface area contributed by atoms with Crippen molar-refractivity contribution in [3.63, 3.8) is 0 Å². The first-order chi connectivity index (χ1) is 8.13. The Kier molecular flexibility index (Phi) is 4.38. The van der Waals surface area contributed by atoms with Crippen molar-refractivity contribution in [2.45, 2.75) is 40.0 Å². The van der Waals surface area contributed by atoms with Crippen LogP contribution >= 0.6 is 12.2 Å². The highest BCUT2D eigenvalue weighted by Crippen LogP contribution is 2.26. The number of ether oxygens (including phenoxy) is 1. The molecular weight excluding hydrogens is 242 g/mol. The second kappa shape index (κ2) is 5.27. The topological polar surface area (TPSA) is 35.2 Å². The lowest BCUT2D eigenvalue weighted by molar-refractivity contribution is 0.236. The van der Waals surface area contributed by atoms with Crippen molar-refractivity contribution in [3.05, 3.63) is 29.8 Å². The Hall–Kier alpha value is -1.09. The molecule has 0 radical (unpaired) electrons. The molecule has 0 aliphatic carbocycles. The summed E-state index contributed by atoms with van der Waals surface area (Å²) in [5.41, 5.74) is 6.78. The normalized spacial score (nSPS) is 12.3. The molecule has 2 nitrogen and oxygen atoms in total. The van der Waals surface area contributed by atoms with E-state index in [2.05, 4.69) is 32.9 Å². The van der Waals surface area contributed by atoms with E-state index in [0.717, 1.165) is 5.75 Å². The Morgan fingerprint density at radius 3 is 2.33 bits per heavy atom. The number of hydrogen-bond acceptors (Lipinski definition) is 2. The van der Waals surface area contributed by atoms with Gasteiger partial charge in [0.1, 0.15) is 5.75 Å². The molecule has 3 heteroatoms. The molecule has 0 aromatic heterocycles. The maximum atomic E-state index is 5.80. The molecule has 0 atom stereocenters. The molecule has 0 aliphatic rings. The van der Waals surface area contributed by atoms with Gasteiger partial charge in [-0.25, -0.2) is 0 Å². The van der Waals surface area contributed by atoms with Gasteiger partial charge >= 0.3 is 0 Å². The Labute approximate surface area is 116 Å². The summed E-state index contributed by atoms with van der Waals surface area (Å²) >= 11 is 5.03. The molecule has 0 saturated heterocycles. The molecule has 2 N–H and O–H groups in total. The van der Waals surface area contributed by atoms with E-state index in [1.54, 1.807) is 0 Å². The maximum Gasteiger partial charge on any atom is 0.119 e. The van der Waals surface area contributed by atoms with Crippen LogP contribution in [0, 0.1) is 5.41 Å². The first-order valence-corrected chi connectivity index (χ1v) is 6.57. The smallest absolute Gasteiger partial charge is 0.119 e. The molecule has 0 amide bonds. The fraction of sp³-hybridized carbons (Fsp3) is 0.533. The highest BCUT2D eigenvalue weighted by Gasteiger charge is 2.22. The third-order valence-electron chi connectivity index (χ3n) is 2.97. The SMILES string of the molecule is CC(C)(COc1cccc(C(C)(C)C)c1)C(N)=S. The second-order valence-corrected chi connectivity index (χ2v) is 6.75. The predicted molar refractivity (Wildman–Crippen MR) is 81.2 cm³/mol. The molecule has 0 aliphatic heterocycles. The lowest BCUT2D eigenvalue weighted by Crippen LogP contribution is -2.35. The molecular formula is C15H23NOS. The number of thiocarbonyl (C=S) groups is 1. The van der Waals surface area contributed by atoms with Crippen LogP contribution in [0.2, 0.25) is 0 Å². The van der Waals surface area contributed by atoms with Crippen molar-refractivity contribution >= 4 is 17.2 Å². The number of benzene rings is 1. The minimum absolute atomic E-state index is 0.123.